The molecule has 0 radical (unpaired) electrons. The summed E-state index contributed by atoms with van der Waals surface area (Å²) in [6, 6.07) is 3.13. The van der Waals surface area contributed by atoms with Gasteiger partial charge in [-0.2, -0.15) is 37.0 Å². The second-order valence-corrected chi connectivity index (χ2v) is 12.6. The number of carbonyl (C=O) groups excluding carboxylic acids is 1. The Balaban J connectivity index is 1.34. The summed E-state index contributed by atoms with van der Waals surface area (Å²) >= 11 is 0. The van der Waals surface area contributed by atoms with Crippen LogP contribution in [0.5, 0.6) is 5.75 Å². The molecule has 0 aromatic carbocycles. The van der Waals surface area contributed by atoms with Crippen LogP contribution in [0.3, 0.4) is 0 Å². The van der Waals surface area contributed by atoms with Gasteiger partial charge >= 0.3 is 21.7 Å². The summed E-state index contributed by atoms with van der Waals surface area (Å²) in [6.45, 7) is 9.85. The third kappa shape index (κ3) is 5.43. The van der Waals surface area contributed by atoms with Crippen molar-refractivity contribution in [1.82, 2.24) is 29.2 Å². The monoisotopic (exact) mass is 595 g/mol. The maximum absolute atomic E-state index is 13.1. The highest BCUT2D eigenvalue weighted by atomic mass is 32.2. The third-order valence-electron chi connectivity index (χ3n) is 7.10. The highest BCUT2D eigenvalue weighted by molar-refractivity contribution is 7.88. The van der Waals surface area contributed by atoms with Gasteiger partial charge < -0.3 is 13.8 Å². The first kappa shape index (κ1) is 28.7. The maximum atomic E-state index is 13.1. The molecule has 5 heterocycles. The van der Waals surface area contributed by atoms with Crippen LogP contribution >= 0.6 is 0 Å². The van der Waals surface area contributed by atoms with Crippen LogP contribution in [0.2, 0.25) is 0 Å². The van der Waals surface area contributed by atoms with Crippen molar-refractivity contribution in [3.05, 3.63) is 35.9 Å². The van der Waals surface area contributed by atoms with Gasteiger partial charge in [0, 0.05) is 55.2 Å². The molecule has 2 aliphatic rings. The molecule has 2 fully saturated rings. The number of halogens is 3. The zero-order chi connectivity index (χ0) is 29.9. The number of fused-ring (bicyclic) bond motifs is 1. The van der Waals surface area contributed by atoms with Crippen molar-refractivity contribution in [2.75, 3.05) is 26.2 Å². The van der Waals surface area contributed by atoms with Gasteiger partial charge in [-0.05, 0) is 40.2 Å². The molecule has 41 heavy (non-hydrogen) atoms. The molecule has 220 valence electrons. The standard InChI is InChI=1S/C25H28F3N7O5S/c1-15-20(16-7-21(40-41(37,38)25(26,27)28)22-17(8-29)9-30-34(22)11-16)10-31-35(15)19-13-33(14-19)18-5-6-32(12-18)23(36)39-24(2,3)4/h7,9-11,18-19H,5-6,12-14H2,1-4H3/t18-/m1/s1. The van der Waals surface area contributed by atoms with E-state index in [1.54, 1.807) is 17.9 Å². The van der Waals surface area contributed by atoms with E-state index >= 15 is 0 Å². The van der Waals surface area contributed by atoms with Crippen molar-refractivity contribution in [3.8, 4) is 22.9 Å². The fourth-order valence-electron chi connectivity index (χ4n) is 5.09. The van der Waals surface area contributed by atoms with Crippen LogP contribution in [-0.2, 0) is 14.9 Å². The molecular formula is C25H28F3N7O5S. The van der Waals surface area contributed by atoms with Gasteiger partial charge in [-0.3, -0.25) is 9.58 Å². The van der Waals surface area contributed by atoms with Crippen LogP contribution in [0.15, 0.2) is 24.7 Å². The second kappa shape index (κ2) is 9.91. The molecule has 16 heteroatoms. The SMILES string of the molecule is Cc1c(-c2cc(OS(=O)(=O)C(F)(F)F)c3c(C#N)cnn3c2)cnn1C1CN([C@@H]2CCN(C(=O)OC(C)(C)C)C2)C1. The Bertz CT molecular complexity index is 1650. The average Bonchev–Trinajstić information content (AvgIpc) is 3.55. The van der Waals surface area contributed by atoms with Crippen molar-refractivity contribution >= 4 is 21.7 Å². The number of nitrogens with zero attached hydrogens (tertiary/aromatic N) is 7. The first-order valence-electron chi connectivity index (χ1n) is 12.8. The molecule has 3 aromatic heterocycles. The number of alkyl halides is 3. The summed E-state index contributed by atoms with van der Waals surface area (Å²) in [5, 5.41) is 17.8. The average molecular weight is 596 g/mol. The number of hydrogen-bond donors (Lipinski definition) is 0. The molecule has 12 nitrogen and oxygen atoms in total. The van der Waals surface area contributed by atoms with Crippen molar-refractivity contribution in [2.45, 2.75) is 57.3 Å². The lowest BCUT2D eigenvalue weighted by atomic mass is 10.0. The van der Waals surface area contributed by atoms with Crippen molar-refractivity contribution in [2.24, 2.45) is 0 Å². The molecule has 1 atom stereocenters. The molecule has 0 spiro atoms. The fourth-order valence-corrected chi connectivity index (χ4v) is 5.55. The number of aromatic nitrogens is 4. The van der Waals surface area contributed by atoms with E-state index in [0.29, 0.717) is 43.0 Å². The minimum absolute atomic E-state index is 0.0271. The predicted octanol–water partition coefficient (Wildman–Crippen LogP) is 3.47. The molecule has 2 saturated heterocycles. The van der Waals surface area contributed by atoms with E-state index in [1.165, 1.54) is 12.4 Å². The van der Waals surface area contributed by atoms with Crippen molar-refractivity contribution < 1.29 is 35.3 Å². The van der Waals surface area contributed by atoms with Crippen LogP contribution in [-0.4, -0.2) is 87.0 Å². The highest BCUT2D eigenvalue weighted by Gasteiger charge is 2.49. The van der Waals surface area contributed by atoms with E-state index in [1.807, 2.05) is 25.5 Å². The lowest BCUT2D eigenvalue weighted by Crippen LogP contribution is -2.54. The number of rotatable bonds is 5. The summed E-state index contributed by atoms with van der Waals surface area (Å²) in [5.74, 6) is -0.674. The fraction of sp³-hybridized carbons (Fsp3) is 0.520. The highest BCUT2D eigenvalue weighted by Crippen LogP contribution is 2.36. The molecule has 0 N–H and O–H groups in total. The largest absolute Gasteiger partial charge is 0.534 e. The Hall–Kier alpha value is -3.84. The number of nitriles is 1. The van der Waals surface area contributed by atoms with Gasteiger partial charge in [0.1, 0.15) is 22.8 Å². The Labute approximate surface area is 233 Å². The zero-order valence-electron chi connectivity index (χ0n) is 22.7. The third-order valence-corrected chi connectivity index (χ3v) is 8.07. The first-order chi connectivity index (χ1) is 19.1. The molecule has 1 amide bonds. The smallest absolute Gasteiger partial charge is 0.444 e. The second-order valence-electron chi connectivity index (χ2n) is 11.1. The van der Waals surface area contributed by atoms with Gasteiger partial charge in [-0.15, -0.1) is 0 Å². The molecule has 5 rings (SSSR count). The normalized spacial score (nSPS) is 18.9. The van der Waals surface area contributed by atoms with E-state index < -0.39 is 27.0 Å². The number of likely N-dealkylation sites (tertiary alicyclic amines) is 2. The number of hydrogen-bond acceptors (Lipinski definition) is 9. The summed E-state index contributed by atoms with van der Waals surface area (Å²) in [6.07, 6.45) is 4.61. The lowest BCUT2D eigenvalue weighted by molar-refractivity contribution is -0.0499. The Morgan fingerprint density at radius 2 is 1.83 bits per heavy atom. The Morgan fingerprint density at radius 1 is 1.12 bits per heavy atom. The van der Waals surface area contributed by atoms with Gasteiger partial charge in [-0.1, -0.05) is 0 Å². The molecule has 0 unspecified atom stereocenters. The maximum Gasteiger partial charge on any atom is 0.534 e. The van der Waals surface area contributed by atoms with Gasteiger partial charge in [0.15, 0.2) is 5.75 Å². The van der Waals surface area contributed by atoms with Crippen LogP contribution in [0.1, 0.15) is 44.5 Å². The topological polar surface area (TPSA) is 135 Å². The van der Waals surface area contributed by atoms with Gasteiger partial charge in [0.05, 0.1) is 18.4 Å². The van der Waals surface area contributed by atoms with Gasteiger partial charge in [-0.25, -0.2) is 9.31 Å². The van der Waals surface area contributed by atoms with Crippen molar-refractivity contribution in [1.29, 1.82) is 5.26 Å². The van der Waals surface area contributed by atoms with Crippen LogP contribution in [0, 0.1) is 18.3 Å². The van der Waals surface area contributed by atoms with E-state index in [2.05, 4.69) is 19.3 Å². The lowest BCUT2D eigenvalue weighted by Gasteiger charge is -2.43. The Morgan fingerprint density at radius 3 is 2.46 bits per heavy atom. The minimum Gasteiger partial charge on any atom is -0.444 e. The number of amides is 1. The molecular weight excluding hydrogens is 567 g/mol. The molecule has 0 saturated carbocycles. The van der Waals surface area contributed by atoms with Gasteiger partial charge in [0.25, 0.3) is 0 Å². The van der Waals surface area contributed by atoms with Gasteiger partial charge in [0.2, 0.25) is 0 Å². The number of ether oxygens (including phenoxy) is 1. The van der Waals surface area contributed by atoms with Crippen LogP contribution in [0.4, 0.5) is 18.0 Å². The van der Waals surface area contributed by atoms with Crippen LogP contribution < -0.4 is 4.18 Å². The van der Waals surface area contributed by atoms with E-state index in [9.17, 15) is 31.6 Å². The number of carbonyl (C=O) groups is 1. The van der Waals surface area contributed by atoms with E-state index in [-0.39, 0.29) is 29.3 Å². The number of pyridine rings is 1. The Kier molecular flexibility index (Phi) is 6.93. The van der Waals surface area contributed by atoms with E-state index in [4.69, 9.17) is 4.74 Å². The van der Waals surface area contributed by atoms with E-state index in [0.717, 1.165) is 23.2 Å². The molecule has 0 aliphatic carbocycles. The molecule has 2 aliphatic heterocycles. The molecule has 3 aromatic rings. The summed E-state index contributed by atoms with van der Waals surface area (Å²) < 4.78 is 75.7. The summed E-state index contributed by atoms with van der Waals surface area (Å²) in [7, 11) is -6.00. The van der Waals surface area contributed by atoms with Crippen LogP contribution in [0.25, 0.3) is 16.6 Å². The van der Waals surface area contributed by atoms with Crippen molar-refractivity contribution in [3.63, 3.8) is 0 Å². The molecule has 0 bridgehead atoms. The summed E-state index contributed by atoms with van der Waals surface area (Å²) in [5.41, 5.74) is -5.04. The zero-order valence-corrected chi connectivity index (χ0v) is 23.5. The first-order valence-corrected chi connectivity index (χ1v) is 14.2. The predicted molar refractivity (Wildman–Crippen MR) is 138 cm³/mol. The quantitative estimate of drug-likeness (QED) is 0.321. The minimum atomic E-state index is -6.00. The summed E-state index contributed by atoms with van der Waals surface area (Å²) in [4.78, 5) is 16.4.